The van der Waals surface area contributed by atoms with Crippen LogP contribution in [-0.2, 0) is 6.18 Å². The van der Waals surface area contributed by atoms with E-state index in [1.54, 1.807) is 0 Å². The highest BCUT2D eigenvalue weighted by Crippen LogP contribution is 2.44. The highest BCUT2D eigenvalue weighted by atomic mass is 35.5. The fraction of sp³-hybridized carbons (Fsp3) is 0.357. The van der Waals surface area contributed by atoms with E-state index in [9.17, 15) is 23.1 Å². The Morgan fingerprint density at radius 3 is 2.58 bits per heavy atom. The summed E-state index contributed by atoms with van der Waals surface area (Å²) in [6.45, 7) is -0.0496. The molecular weight excluding hydrogens is 369 g/mol. The molecule has 0 aliphatic carbocycles. The van der Waals surface area contributed by atoms with Gasteiger partial charge in [-0.3, -0.25) is 4.79 Å². The Bertz CT molecular complexity index is 831. The lowest BCUT2D eigenvalue weighted by Gasteiger charge is -2.46. The first-order valence-electron chi connectivity index (χ1n) is 6.77. The van der Waals surface area contributed by atoms with Crippen LogP contribution < -0.4 is 5.73 Å². The van der Waals surface area contributed by atoms with E-state index in [0.717, 1.165) is 17.4 Å². The Morgan fingerprint density at radius 1 is 1.42 bits per heavy atom. The quantitative estimate of drug-likeness (QED) is 0.746. The molecule has 1 amide bonds. The molecule has 1 aliphatic heterocycles. The van der Waals surface area contributed by atoms with Gasteiger partial charge in [0.1, 0.15) is 10.6 Å². The van der Waals surface area contributed by atoms with Crippen LogP contribution in [0.25, 0.3) is 10.1 Å². The minimum Gasteiger partial charge on any atom is -0.507 e. The van der Waals surface area contributed by atoms with Crippen molar-refractivity contribution in [2.45, 2.75) is 11.7 Å². The number of aliphatic hydroxyl groups excluding tert-OH is 1. The summed E-state index contributed by atoms with van der Waals surface area (Å²) in [6.07, 6.45) is -4.62. The zero-order valence-electron chi connectivity index (χ0n) is 12.0. The van der Waals surface area contributed by atoms with Crippen LogP contribution in [0.3, 0.4) is 0 Å². The molecule has 2 aromatic rings. The van der Waals surface area contributed by atoms with Crippen LogP contribution in [-0.4, -0.2) is 46.3 Å². The van der Waals surface area contributed by atoms with Gasteiger partial charge in [-0.1, -0.05) is 11.6 Å². The molecule has 1 aliphatic rings. The van der Waals surface area contributed by atoms with Gasteiger partial charge in [0.05, 0.1) is 28.1 Å². The molecule has 2 heterocycles. The molecule has 0 radical (unpaired) electrons. The van der Waals surface area contributed by atoms with E-state index >= 15 is 0 Å². The zero-order valence-corrected chi connectivity index (χ0v) is 13.6. The maximum absolute atomic E-state index is 12.8. The number of hydrogen-bond acceptors (Lipinski definition) is 5. The fourth-order valence-corrected chi connectivity index (χ4v) is 4.15. The topological polar surface area (TPSA) is 86.8 Å². The molecule has 0 bridgehead atoms. The highest BCUT2D eigenvalue weighted by Gasteiger charge is 2.43. The van der Waals surface area contributed by atoms with Gasteiger partial charge < -0.3 is 20.8 Å². The van der Waals surface area contributed by atoms with E-state index in [-0.39, 0.29) is 39.7 Å². The zero-order chi connectivity index (χ0) is 17.9. The number of benzene rings is 1. The molecule has 5 nitrogen and oxygen atoms in total. The first kappa shape index (κ1) is 17.3. The van der Waals surface area contributed by atoms with Crippen molar-refractivity contribution in [3.05, 3.63) is 27.6 Å². The number of fused-ring (bicyclic) bond motifs is 1. The molecule has 3 rings (SSSR count). The molecule has 0 unspecified atom stereocenters. The molecule has 1 saturated heterocycles. The SMILES string of the molecule is NC1(CO)CN(C(=O)c2sc3cc(C(F)(F)F)cc(O)c3c2Cl)C1. The van der Waals surface area contributed by atoms with Crippen LogP contribution in [0.5, 0.6) is 5.75 Å². The predicted molar refractivity (Wildman–Crippen MR) is 83.4 cm³/mol. The van der Waals surface area contributed by atoms with Crippen molar-refractivity contribution < 1.29 is 28.2 Å². The summed E-state index contributed by atoms with van der Waals surface area (Å²) in [7, 11) is 0. The van der Waals surface area contributed by atoms with E-state index in [1.165, 1.54) is 4.90 Å². The molecule has 4 N–H and O–H groups in total. The number of carbonyl (C=O) groups is 1. The highest BCUT2D eigenvalue weighted by molar-refractivity contribution is 7.21. The van der Waals surface area contributed by atoms with Crippen LogP contribution >= 0.6 is 22.9 Å². The third-order valence-corrected chi connectivity index (χ3v) is 5.46. The van der Waals surface area contributed by atoms with Gasteiger partial charge in [0, 0.05) is 17.8 Å². The van der Waals surface area contributed by atoms with Crippen molar-refractivity contribution in [2.75, 3.05) is 19.7 Å². The van der Waals surface area contributed by atoms with Crippen molar-refractivity contribution in [3.63, 3.8) is 0 Å². The number of phenols is 1. The van der Waals surface area contributed by atoms with E-state index < -0.39 is 28.9 Å². The second kappa shape index (κ2) is 5.48. The van der Waals surface area contributed by atoms with Gasteiger partial charge in [-0.2, -0.15) is 13.2 Å². The smallest absolute Gasteiger partial charge is 0.416 e. The van der Waals surface area contributed by atoms with Gasteiger partial charge in [0.2, 0.25) is 0 Å². The van der Waals surface area contributed by atoms with Crippen molar-refractivity contribution in [2.24, 2.45) is 5.73 Å². The van der Waals surface area contributed by atoms with E-state index in [2.05, 4.69) is 0 Å². The molecule has 1 aromatic heterocycles. The molecule has 0 atom stereocenters. The third kappa shape index (κ3) is 2.71. The Hall–Kier alpha value is -1.55. The lowest BCUT2D eigenvalue weighted by atomic mass is 9.92. The molecule has 10 heteroatoms. The number of thiophene rings is 1. The normalized spacial score (nSPS) is 17.2. The molecule has 24 heavy (non-hydrogen) atoms. The molecular formula is C14H12ClF3N2O3S. The molecule has 0 spiro atoms. The van der Waals surface area contributed by atoms with Gasteiger partial charge >= 0.3 is 6.18 Å². The number of nitrogens with zero attached hydrogens (tertiary/aromatic N) is 1. The maximum atomic E-state index is 12.8. The van der Waals surface area contributed by atoms with Crippen molar-refractivity contribution in [1.82, 2.24) is 4.90 Å². The number of amides is 1. The number of aromatic hydroxyl groups is 1. The Labute approximate surface area is 143 Å². The van der Waals surface area contributed by atoms with Crippen molar-refractivity contribution >= 4 is 38.9 Å². The van der Waals surface area contributed by atoms with Crippen LogP contribution in [0.1, 0.15) is 15.2 Å². The number of likely N-dealkylation sites (tertiary alicyclic amines) is 1. The van der Waals surface area contributed by atoms with Gasteiger partial charge in [0.25, 0.3) is 5.91 Å². The summed E-state index contributed by atoms with van der Waals surface area (Å²) in [5.74, 6) is -1.13. The van der Waals surface area contributed by atoms with Gasteiger partial charge in [0.15, 0.2) is 0 Å². The third-order valence-electron chi connectivity index (χ3n) is 3.85. The first-order valence-corrected chi connectivity index (χ1v) is 7.96. The maximum Gasteiger partial charge on any atom is 0.416 e. The largest absolute Gasteiger partial charge is 0.507 e. The Morgan fingerprint density at radius 2 is 2.04 bits per heavy atom. The summed E-state index contributed by atoms with van der Waals surface area (Å²) in [5, 5.41) is 18.9. The lowest BCUT2D eigenvalue weighted by Crippen LogP contribution is -2.70. The lowest BCUT2D eigenvalue weighted by molar-refractivity contribution is -0.137. The summed E-state index contributed by atoms with van der Waals surface area (Å²) >= 11 is 6.87. The molecule has 130 valence electrons. The predicted octanol–water partition coefficient (Wildman–Crippen LogP) is 2.42. The number of phenolic OH excluding ortho intramolecular Hbond substituents is 1. The number of nitrogens with two attached hydrogens (primary N) is 1. The average Bonchev–Trinajstić information content (AvgIpc) is 2.80. The fourth-order valence-electron chi connectivity index (χ4n) is 2.57. The van der Waals surface area contributed by atoms with E-state index in [1.807, 2.05) is 0 Å². The number of carbonyl (C=O) groups excluding carboxylic acids is 1. The Balaban J connectivity index is 2.00. The van der Waals surface area contributed by atoms with E-state index in [0.29, 0.717) is 6.07 Å². The second-order valence-corrected chi connectivity index (χ2v) is 7.22. The standard InChI is InChI=1S/C14H12ClF3N2O3S/c15-10-9-7(22)1-6(14(16,17)18)2-8(9)24-11(10)12(23)20-3-13(19,4-20)5-21/h1-2,21-22H,3-5,19H2. The average molecular weight is 381 g/mol. The number of hydrogen-bond donors (Lipinski definition) is 3. The van der Waals surface area contributed by atoms with Crippen LogP contribution in [0.2, 0.25) is 5.02 Å². The van der Waals surface area contributed by atoms with Crippen LogP contribution in [0.4, 0.5) is 13.2 Å². The monoisotopic (exact) mass is 380 g/mol. The number of rotatable bonds is 2. The first-order chi connectivity index (χ1) is 11.1. The second-order valence-electron chi connectivity index (χ2n) is 5.79. The number of alkyl halides is 3. The minimum absolute atomic E-state index is 0.0136. The Kier molecular flexibility index (Phi) is 3.95. The van der Waals surface area contributed by atoms with Gasteiger partial charge in [-0.25, -0.2) is 0 Å². The molecule has 1 fully saturated rings. The summed E-state index contributed by atoms with van der Waals surface area (Å²) in [6, 6.07) is 1.43. The number of aliphatic hydroxyl groups is 1. The number of halogens is 4. The minimum atomic E-state index is -4.62. The van der Waals surface area contributed by atoms with Gasteiger partial charge in [-0.05, 0) is 12.1 Å². The summed E-state index contributed by atoms with van der Waals surface area (Å²) in [5.41, 5.74) is 3.89. The summed E-state index contributed by atoms with van der Waals surface area (Å²) < 4.78 is 38.5. The van der Waals surface area contributed by atoms with Crippen LogP contribution in [0.15, 0.2) is 12.1 Å². The van der Waals surface area contributed by atoms with Crippen LogP contribution in [0, 0.1) is 0 Å². The van der Waals surface area contributed by atoms with E-state index in [4.69, 9.17) is 22.4 Å². The molecule has 1 aromatic carbocycles. The van der Waals surface area contributed by atoms with Crippen molar-refractivity contribution in [1.29, 1.82) is 0 Å². The molecule has 0 saturated carbocycles. The van der Waals surface area contributed by atoms with Gasteiger partial charge in [-0.15, -0.1) is 11.3 Å². The summed E-state index contributed by atoms with van der Waals surface area (Å²) in [4.78, 5) is 13.8. The van der Waals surface area contributed by atoms with Crippen molar-refractivity contribution in [3.8, 4) is 5.75 Å².